The first-order chi connectivity index (χ1) is 9.66. The molecule has 0 aliphatic carbocycles. The Hall–Kier alpha value is -0.900. The maximum atomic E-state index is 5.45. The highest BCUT2D eigenvalue weighted by molar-refractivity contribution is 5.21. The third kappa shape index (κ3) is 4.58. The molecular formula is C17H28N2O. The number of benzene rings is 1. The number of ether oxygens (including phenoxy) is 1. The van der Waals surface area contributed by atoms with Crippen LogP contribution in [-0.2, 0) is 11.3 Å². The quantitative estimate of drug-likeness (QED) is 0.864. The summed E-state index contributed by atoms with van der Waals surface area (Å²) in [7, 11) is 0. The standard InChI is InChI=1S/C17H28N2O/c1-14(2)17(19-8-10-20-11-9-19)13-18-12-16-6-4-15(3)5-7-16/h4-7,14,17-18H,8-13H2,1-3H3. The molecule has 1 aromatic rings. The molecule has 1 fully saturated rings. The number of nitrogens with one attached hydrogen (secondary N) is 1. The molecule has 0 bridgehead atoms. The molecule has 3 nitrogen and oxygen atoms in total. The number of hydrogen-bond acceptors (Lipinski definition) is 3. The molecule has 1 heterocycles. The van der Waals surface area contributed by atoms with Crippen LogP contribution in [0.2, 0.25) is 0 Å². The first-order valence-corrected chi connectivity index (χ1v) is 7.75. The SMILES string of the molecule is Cc1ccc(CNCC(C(C)C)N2CCOCC2)cc1. The van der Waals surface area contributed by atoms with E-state index in [1.54, 1.807) is 0 Å². The van der Waals surface area contributed by atoms with E-state index < -0.39 is 0 Å². The van der Waals surface area contributed by atoms with E-state index >= 15 is 0 Å². The van der Waals surface area contributed by atoms with Crippen molar-refractivity contribution in [2.75, 3.05) is 32.8 Å². The van der Waals surface area contributed by atoms with Crippen molar-refractivity contribution in [3.63, 3.8) is 0 Å². The summed E-state index contributed by atoms with van der Waals surface area (Å²) in [5.41, 5.74) is 2.68. The van der Waals surface area contributed by atoms with Crippen molar-refractivity contribution < 1.29 is 4.74 Å². The second-order valence-electron chi connectivity index (χ2n) is 6.08. The lowest BCUT2D eigenvalue weighted by atomic mass is 10.0. The van der Waals surface area contributed by atoms with Crippen molar-refractivity contribution in [1.29, 1.82) is 0 Å². The highest BCUT2D eigenvalue weighted by atomic mass is 16.5. The van der Waals surface area contributed by atoms with E-state index in [1.807, 2.05) is 0 Å². The van der Waals surface area contributed by atoms with E-state index in [1.165, 1.54) is 11.1 Å². The molecule has 2 rings (SSSR count). The summed E-state index contributed by atoms with van der Waals surface area (Å²) in [6, 6.07) is 9.38. The van der Waals surface area contributed by atoms with Gasteiger partial charge < -0.3 is 10.1 Å². The zero-order valence-electron chi connectivity index (χ0n) is 13.1. The van der Waals surface area contributed by atoms with Crippen LogP contribution in [0, 0.1) is 12.8 Å². The fourth-order valence-electron chi connectivity index (χ4n) is 2.77. The minimum absolute atomic E-state index is 0.601. The van der Waals surface area contributed by atoms with Gasteiger partial charge in [-0.2, -0.15) is 0 Å². The van der Waals surface area contributed by atoms with Crippen molar-refractivity contribution in [3.05, 3.63) is 35.4 Å². The maximum absolute atomic E-state index is 5.45. The highest BCUT2D eigenvalue weighted by Crippen LogP contribution is 2.12. The Morgan fingerprint density at radius 3 is 2.40 bits per heavy atom. The molecule has 1 aliphatic rings. The predicted octanol–water partition coefficient (Wildman–Crippen LogP) is 2.44. The molecule has 0 aromatic heterocycles. The molecule has 1 unspecified atom stereocenters. The largest absolute Gasteiger partial charge is 0.379 e. The van der Waals surface area contributed by atoms with Gasteiger partial charge >= 0.3 is 0 Å². The van der Waals surface area contributed by atoms with Gasteiger partial charge in [0.2, 0.25) is 0 Å². The van der Waals surface area contributed by atoms with Crippen LogP contribution in [0.25, 0.3) is 0 Å². The van der Waals surface area contributed by atoms with E-state index in [2.05, 4.69) is 55.3 Å². The molecule has 0 radical (unpaired) electrons. The van der Waals surface area contributed by atoms with Gasteiger partial charge in [0.25, 0.3) is 0 Å². The topological polar surface area (TPSA) is 24.5 Å². The minimum atomic E-state index is 0.601. The number of nitrogens with zero attached hydrogens (tertiary/aromatic N) is 1. The van der Waals surface area contributed by atoms with Crippen molar-refractivity contribution in [2.24, 2.45) is 5.92 Å². The van der Waals surface area contributed by atoms with Gasteiger partial charge in [-0.25, -0.2) is 0 Å². The van der Waals surface area contributed by atoms with Gasteiger partial charge in [0.1, 0.15) is 0 Å². The number of aryl methyl sites for hydroxylation is 1. The number of rotatable bonds is 6. The van der Waals surface area contributed by atoms with Crippen LogP contribution in [0.5, 0.6) is 0 Å². The Kier molecular flexibility index (Phi) is 6.02. The third-order valence-electron chi connectivity index (χ3n) is 4.09. The van der Waals surface area contributed by atoms with Crippen molar-refractivity contribution in [2.45, 2.75) is 33.4 Å². The fourth-order valence-corrected chi connectivity index (χ4v) is 2.77. The first-order valence-electron chi connectivity index (χ1n) is 7.75. The fraction of sp³-hybridized carbons (Fsp3) is 0.647. The summed E-state index contributed by atoms with van der Waals surface area (Å²) in [5, 5.41) is 3.62. The lowest BCUT2D eigenvalue weighted by Gasteiger charge is -2.37. The zero-order chi connectivity index (χ0) is 14.4. The molecule has 0 amide bonds. The van der Waals surface area contributed by atoms with E-state index in [0.29, 0.717) is 12.0 Å². The van der Waals surface area contributed by atoms with Crippen LogP contribution in [-0.4, -0.2) is 43.8 Å². The van der Waals surface area contributed by atoms with E-state index in [0.717, 1.165) is 39.4 Å². The van der Waals surface area contributed by atoms with Gasteiger partial charge in [0.15, 0.2) is 0 Å². The van der Waals surface area contributed by atoms with Gasteiger partial charge in [0, 0.05) is 32.2 Å². The molecule has 1 N–H and O–H groups in total. The average Bonchev–Trinajstić information content (AvgIpc) is 2.46. The van der Waals surface area contributed by atoms with Gasteiger partial charge in [-0.1, -0.05) is 43.7 Å². The van der Waals surface area contributed by atoms with Crippen LogP contribution >= 0.6 is 0 Å². The van der Waals surface area contributed by atoms with Gasteiger partial charge in [-0.15, -0.1) is 0 Å². The lowest BCUT2D eigenvalue weighted by molar-refractivity contribution is 0.00648. The van der Waals surface area contributed by atoms with Gasteiger partial charge in [-0.3, -0.25) is 4.90 Å². The molecule has 1 saturated heterocycles. The van der Waals surface area contributed by atoms with Crippen LogP contribution in [0.1, 0.15) is 25.0 Å². The van der Waals surface area contributed by atoms with Crippen LogP contribution in [0.4, 0.5) is 0 Å². The number of morpholine rings is 1. The van der Waals surface area contributed by atoms with E-state index in [9.17, 15) is 0 Å². The zero-order valence-corrected chi connectivity index (χ0v) is 13.1. The van der Waals surface area contributed by atoms with Crippen LogP contribution in [0.3, 0.4) is 0 Å². The summed E-state index contributed by atoms with van der Waals surface area (Å²) in [6.07, 6.45) is 0. The smallest absolute Gasteiger partial charge is 0.0594 e. The maximum Gasteiger partial charge on any atom is 0.0594 e. The molecule has 1 aromatic carbocycles. The molecule has 3 heteroatoms. The summed E-state index contributed by atoms with van der Waals surface area (Å²) in [6.45, 7) is 12.6. The molecular weight excluding hydrogens is 248 g/mol. The average molecular weight is 276 g/mol. The molecule has 112 valence electrons. The summed E-state index contributed by atoms with van der Waals surface area (Å²) >= 11 is 0. The number of hydrogen-bond donors (Lipinski definition) is 1. The van der Waals surface area contributed by atoms with E-state index in [4.69, 9.17) is 4.74 Å². The van der Waals surface area contributed by atoms with Gasteiger partial charge in [-0.05, 0) is 18.4 Å². The molecule has 0 saturated carbocycles. The molecule has 20 heavy (non-hydrogen) atoms. The minimum Gasteiger partial charge on any atom is -0.379 e. The summed E-state index contributed by atoms with van der Waals surface area (Å²) < 4.78 is 5.45. The van der Waals surface area contributed by atoms with Crippen molar-refractivity contribution in [1.82, 2.24) is 10.2 Å². The van der Waals surface area contributed by atoms with Crippen LogP contribution < -0.4 is 5.32 Å². The van der Waals surface area contributed by atoms with Crippen molar-refractivity contribution in [3.8, 4) is 0 Å². The Morgan fingerprint density at radius 1 is 1.15 bits per heavy atom. The summed E-state index contributed by atoms with van der Waals surface area (Å²) in [4.78, 5) is 2.57. The Morgan fingerprint density at radius 2 is 1.80 bits per heavy atom. The first kappa shape index (κ1) is 15.5. The Bertz CT molecular complexity index is 382. The summed E-state index contributed by atoms with van der Waals surface area (Å²) in [5.74, 6) is 0.665. The van der Waals surface area contributed by atoms with Gasteiger partial charge in [0.05, 0.1) is 13.2 Å². The predicted molar refractivity (Wildman–Crippen MR) is 83.9 cm³/mol. The molecule has 1 atom stereocenters. The lowest BCUT2D eigenvalue weighted by Crippen LogP contribution is -2.50. The normalized spacial score (nSPS) is 18.4. The monoisotopic (exact) mass is 276 g/mol. The van der Waals surface area contributed by atoms with Crippen LogP contribution in [0.15, 0.2) is 24.3 Å². The van der Waals surface area contributed by atoms with Crippen molar-refractivity contribution >= 4 is 0 Å². The third-order valence-corrected chi connectivity index (χ3v) is 4.09. The second kappa shape index (κ2) is 7.77. The Labute approximate surface area is 123 Å². The highest BCUT2D eigenvalue weighted by Gasteiger charge is 2.23. The van der Waals surface area contributed by atoms with E-state index in [-0.39, 0.29) is 0 Å². The second-order valence-corrected chi connectivity index (χ2v) is 6.08. The Balaban J connectivity index is 1.81. The molecule has 0 spiro atoms. The molecule has 1 aliphatic heterocycles.